The molecular weight excluding hydrogens is 446 g/mol. The lowest BCUT2D eigenvalue weighted by Crippen LogP contribution is -2.43. The second-order valence-electron chi connectivity index (χ2n) is 7.59. The van der Waals surface area contributed by atoms with E-state index in [2.05, 4.69) is 5.32 Å². The summed E-state index contributed by atoms with van der Waals surface area (Å²) in [7, 11) is 0. The first kappa shape index (κ1) is 24.3. The van der Waals surface area contributed by atoms with Crippen LogP contribution >= 0.6 is 11.6 Å². The molecule has 3 aromatic rings. The van der Waals surface area contributed by atoms with E-state index in [9.17, 15) is 14.4 Å². The first-order valence-corrected chi connectivity index (χ1v) is 11.2. The molecule has 1 atom stereocenters. The number of aryl methyl sites for hydroxylation is 1. The van der Waals surface area contributed by atoms with Crippen molar-refractivity contribution in [2.45, 2.75) is 52.2 Å². The molecule has 1 N–H and O–H groups in total. The summed E-state index contributed by atoms with van der Waals surface area (Å²) in [5, 5.41) is 3.43. The van der Waals surface area contributed by atoms with Crippen molar-refractivity contribution in [1.29, 1.82) is 0 Å². The lowest BCUT2D eigenvalue weighted by molar-refractivity contribution is -0.136. The molecule has 0 bridgehead atoms. The van der Waals surface area contributed by atoms with Crippen molar-refractivity contribution in [3.63, 3.8) is 0 Å². The summed E-state index contributed by atoms with van der Waals surface area (Å²) in [5.41, 5.74) is 1.43. The Hall–Kier alpha value is -3.32. The number of benzene rings is 2. The van der Waals surface area contributed by atoms with E-state index in [4.69, 9.17) is 25.5 Å². The van der Waals surface area contributed by atoms with E-state index < -0.39 is 23.7 Å². The molecule has 1 aromatic heterocycles. The summed E-state index contributed by atoms with van der Waals surface area (Å²) < 4.78 is 15.9. The van der Waals surface area contributed by atoms with Crippen molar-refractivity contribution in [3.05, 3.63) is 75.1 Å². The summed E-state index contributed by atoms with van der Waals surface area (Å²) in [4.78, 5) is 36.9. The van der Waals surface area contributed by atoms with Gasteiger partial charge in [-0.05, 0) is 30.0 Å². The highest BCUT2D eigenvalue weighted by atomic mass is 35.5. The maximum atomic E-state index is 12.8. The van der Waals surface area contributed by atoms with Gasteiger partial charge in [0, 0.05) is 17.5 Å². The van der Waals surface area contributed by atoms with E-state index in [-0.39, 0.29) is 23.0 Å². The van der Waals surface area contributed by atoms with E-state index in [1.807, 2.05) is 44.2 Å². The predicted octanol–water partition coefficient (Wildman–Crippen LogP) is 5.40. The van der Waals surface area contributed by atoms with Crippen LogP contribution in [0.3, 0.4) is 0 Å². The van der Waals surface area contributed by atoms with E-state index in [1.54, 1.807) is 6.07 Å². The minimum atomic E-state index is -0.927. The number of fused-ring (bicyclic) bond motifs is 1. The number of nitrogens with one attached hydrogen (secondary N) is 1. The Morgan fingerprint density at radius 3 is 2.55 bits per heavy atom. The standard InChI is InChI=1S/C25H26ClNO6/c1-3-8-17-12-23(28)32-21-14-22(19(26)13-18(17)21)33-24(29)20(9-4-2)27-25(30)31-15-16-10-6-5-7-11-16/h5-7,10-14,20H,3-4,8-9,15H2,1-2H3,(H,27,30). The SMILES string of the molecule is CCCc1cc(=O)oc2cc(OC(=O)C(CCC)NC(=O)OCc3ccccc3)c(Cl)cc12. The molecule has 1 heterocycles. The number of alkyl carbamates (subject to hydrolysis) is 1. The van der Waals surface area contributed by atoms with E-state index >= 15 is 0 Å². The van der Waals surface area contributed by atoms with Gasteiger partial charge in [0.2, 0.25) is 0 Å². The Labute approximate surface area is 196 Å². The number of hydrogen-bond acceptors (Lipinski definition) is 6. The zero-order valence-corrected chi connectivity index (χ0v) is 19.3. The van der Waals surface area contributed by atoms with Crippen molar-refractivity contribution in [3.8, 4) is 5.75 Å². The summed E-state index contributed by atoms with van der Waals surface area (Å²) in [6.07, 6.45) is 1.77. The highest BCUT2D eigenvalue weighted by Crippen LogP contribution is 2.32. The number of ether oxygens (including phenoxy) is 2. The lowest BCUT2D eigenvalue weighted by atomic mass is 10.1. The van der Waals surface area contributed by atoms with E-state index in [0.717, 1.165) is 17.5 Å². The molecule has 0 saturated heterocycles. The number of hydrogen-bond donors (Lipinski definition) is 1. The van der Waals surface area contributed by atoms with Crippen molar-refractivity contribution in [1.82, 2.24) is 5.32 Å². The van der Waals surface area contributed by atoms with Gasteiger partial charge in [0.15, 0.2) is 5.75 Å². The van der Waals surface area contributed by atoms with Crippen LogP contribution in [-0.2, 0) is 22.6 Å². The molecule has 2 aromatic carbocycles. The first-order chi connectivity index (χ1) is 15.9. The fourth-order valence-corrected chi connectivity index (χ4v) is 3.61. The van der Waals surface area contributed by atoms with Gasteiger partial charge in [0.05, 0.1) is 5.02 Å². The molecular formula is C25H26ClNO6. The van der Waals surface area contributed by atoms with Crippen LogP contribution in [-0.4, -0.2) is 18.1 Å². The molecule has 0 fully saturated rings. The van der Waals surface area contributed by atoms with Gasteiger partial charge in [-0.25, -0.2) is 14.4 Å². The number of amides is 1. The summed E-state index contributed by atoms with van der Waals surface area (Å²) >= 11 is 6.36. The third-order valence-electron chi connectivity index (χ3n) is 4.98. The zero-order valence-electron chi connectivity index (χ0n) is 18.6. The van der Waals surface area contributed by atoms with Gasteiger partial charge < -0.3 is 19.2 Å². The maximum absolute atomic E-state index is 12.8. The van der Waals surface area contributed by atoms with Crippen LogP contribution in [0.2, 0.25) is 5.02 Å². The highest BCUT2D eigenvalue weighted by molar-refractivity contribution is 6.33. The van der Waals surface area contributed by atoms with Crippen molar-refractivity contribution in [2.24, 2.45) is 0 Å². The molecule has 1 unspecified atom stereocenters. The molecule has 0 aliphatic rings. The minimum absolute atomic E-state index is 0.0477. The summed E-state index contributed by atoms with van der Waals surface area (Å²) in [6.45, 7) is 3.96. The number of halogens is 1. The van der Waals surface area contributed by atoms with E-state index in [1.165, 1.54) is 12.1 Å². The Morgan fingerprint density at radius 1 is 1.09 bits per heavy atom. The molecule has 0 spiro atoms. The predicted molar refractivity (Wildman–Crippen MR) is 126 cm³/mol. The highest BCUT2D eigenvalue weighted by Gasteiger charge is 2.24. The van der Waals surface area contributed by atoms with Crippen LogP contribution in [0.4, 0.5) is 4.79 Å². The molecule has 1 amide bonds. The monoisotopic (exact) mass is 471 g/mol. The fraction of sp³-hybridized carbons (Fsp3) is 0.320. The molecule has 7 nitrogen and oxygen atoms in total. The topological polar surface area (TPSA) is 94.8 Å². The molecule has 8 heteroatoms. The van der Waals surface area contributed by atoms with Crippen molar-refractivity contribution < 1.29 is 23.5 Å². The average molecular weight is 472 g/mol. The second kappa shape index (κ2) is 11.5. The molecule has 174 valence electrons. The van der Waals surface area contributed by atoms with Gasteiger partial charge in [-0.2, -0.15) is 0 Å². The van der Waals surface area contributed by atoms with Crippen LogP contribution in [0, 0.1) is 0 Å². The first-order valence-electron chi connectivity index (χ1n) is 10.9. The molecule has 0 saturated carbocycles. The quantitative estimate of drug-likeness (QED) is 0.255. The average Bonchev–Trinajstić information content (AvgIpc) is 2.79. The van der Waals surface area contributed by atoms with Crippen LogP contribution < -0.4 is 15.7 Å². The Bertz CT molecular complexity index is 1170. The van der Waals surface area contributed by atoms with Crippen molar-refractivity contribution in [2.75, 3.05) is 0 Å². The molecule has 0 radical (unpaired) electrons. The smallest absolute Gasteiger partial charge is 0.408 e. The van der Waals surface area contributed by atoms with Crippen LogP contribution in [0.25, 0.3) is 11.0 Å². The Kier molecular flexibility index (Phi) is 8.49. The van der Waals surface area contributed by atoms with Crippen LogP contribution in [0.1, 0.15) is 44.2 Å². The molecule has 0 aliphatic carbocycles. The maximum Gasteiger partial charge on any atom is 0.408 e. The van der Waals surface area contributed by atoms with Gasteiger partial charge in [-0.15, -0.1) is 0 Å². The third kappa shape index (κ3) is 6.58. The Morgan fingerprint density at radius 2 is 1.85 bits per heavy atom. The summed E-state index contributed by atoms with van der Waals surface area (Å²) in [5.74, 6) is -0.645. The number of carbonyl (C=O) groups is 2. The second-order valence-corrected chi connectivity index (χ2v) is 8.00. The Balaban J connectivity index is 1.73. The molecule has 3 rings (SSSR count). The number of rotatable bonds is 9. The van der Waals surface area contributed by atoms with E-state index in [0.29, 0.717) is 24.6 Å². The fourth-order valence-electron chi connectivity index (χ4n) is 3.41. The van der Waals surface area contributed by atoms with Crippen molar-refractivity contribution >= 4 is 34.6 Å². The van der Waals surface area contributed by atoms with Crippen LogP contribution in [0.5, 0.6) is 5.75 Å². The largest absolute Gasteiger partial charge is 0.445 e. The van der Waals surface area contributed by atoms with Crippen LogP contribution in [0.15, 0.2) is 57.7 Å². The van der Waals surface area contributed by atoms with Gasteiger partial charge in [0.1, 0.15) is 18.2 Å². The zero-order chi connectivity index (χ0) is 23.8. The molecule has 33 heavy (non-hydrogen) atoms. The van der Waals surface area contributed by atoms with Gasteiger partial charge in [0.25, 0.3) is 0 Å². The third-order valence-corrected chi connectivity index (χ3v) is 5.27. The minimum Gasteiger partial charge on any atom is -0.445 e. The number of carbonyl (C=O) groups excluding carboxylic acids is 2. The summed E-state index contributed by atoms with van der Waals surface area (Å²) in [6, 6.07) is 12.8. The van der Waals surface area contributed by atoms with Gasteiger partial charge in [-0.3, -0.25) is 0 Å². The lowest BCUT2D eigenvalue weighted by Gasteiger charge is -2.17. The number of esters is 1. The normalized spacial score (nSPS) is 11.7. The molecule has 0 aliphatic heterocycles. The van der Waals surface area contributed by atoms with Gasteiger partial charge >= 0.3 is 17.7 Å². The van der Waals surface area contributed by atoms with Gasteiger partial charge in [-0.1, -0.05) is 68.6 Å².